The predicted octanol–water partition coefficient (Wildman–Crippen LogP) is 1.65. The van der Waals surface area contributed by atoms with E-state index in [-0.39, 0.29) is 5.75 Å². The Labute approximate surface area is 79.4 Å². The minimum atomic E-state index is -1.23. The number of rotatable bonds is 3. The number of nitrogen functional groups attached to an aromatic ring is 1. The van der Waals surface area contributed by atoms with Crippen molar-refractivity contribution in [1.82, 2.24) is 0 Å². The van der Waals surface area contributed by atoms with E-state index in [9.17, 15) is 8.60 Å². The standard InChI is InChI=1S/C9H12FNOS/c1-7-6-8(11)2-3-9(7)13(12)5-4-10/h2-3,6H,4-5,11H2,1H3. The Bertz CT molecular complexity index is 327. The van der Waals surface area contributed by atoms with E-state index in [2.05, 4.69) is 0 Å². The van der Waals surface area contributed by atoms with Crippen LogP contribution in [0.4, 0.5) is 10.1 Å². The highest BCUT2D eigenvalue weighted by Gasteiger charge is 2.06. The molecule has 4 heteroatoms. The second-order valence-electron chi connectivity index (χ2n) is 2.76. The van der Waals surface area contributed by atoms with Gasteiger partial charge in [-0.25, -0.2) is 0 Å². The third kappa shape index (κ3) is 2.52. The van der Waals surface area contributed by atoms with Gasteiger partial charge in [0.25, 0.3) is 0 Å². The molecule has 1 rings (SSSR count). The van der Waals surface area contributed by atoms with Crippen molar-refractivity contribution >= 4 is 16.5 Å². The second-order valence-corrected chi connectivity index (χ2v) is 4.30. The first-order valence-corrected chi connectivity index (χ1v) is 5.27. The van der Waals surface area contributed by atoms with Crippen LogP contribution in [0.25, 0.3) is 0 Å². The average Bonchev–Trinajstić information content (AvgIpc) is 2.04. The van der Waals surface area contributed by atoms with Crippen LogP contribution < -0.4 is 5.73 Å². The SMILES string of the molecule is Cc1cc(N)ccc1S(=O)CCF. The Morgan fingerprint density at radius 3 is 2.77 bits per heavy atom. The van der Waals surface area contributed by atoms with Gasteiger partial charge in [0.1, 0.15) is 6.67 Å². The first-order chi connectivity index (χ1) is 6.15. The zero-order valence-corrected chi connectivity index (χ0v) is 8.23. The summed E-state index contributed by atoms with van der Waals surface area (Å²) in [7, 11) is -1.23. The summed E-state index contributed by atoms with van der Waals surface area (Å²) in [5.41, 5.74) is 7.02. The molecular weight excluding hydrogens is 189 g/mol. The molecule has 1 aromatic rings. The molecule has 72 valence electrons. The topological polar surface area (TPSA) is 43.1 Å². The first kappa shape index (κ1) is 10.2. The van der Waals surface area contributed by atoms with Crippen molar-refractivity contribution < 1.29 is 8.60 Å². The maximum atomic E-state index is 11.9. The molecule has 2 nitrogen and oxygen atoms in total. The number of hydrogen-bond acceptors (Lipinski definition) is 2. The van der Waals surface area contributed by atoms with E-state index in [4.69, 9.17) is 5.73 Å². The lowest BCUT2D eigenvalue weighted by Gasteiger charge is -2.04. The molecule has 0 aliphatic carbocycles. The van der Waals surface area contributed by atoms with Gasteiger partial charge >= 0.3 is 0 Å². The number of hydrogen-bond donors (Lipinski definition) is 1. The third-order valence-electron chi connectivity index (χ3n) is 1.71. The van der Waals surface area contributed by atoms with Gasteiger partial charge in [-0.05, 0) is 30.7 Å². The summed E-state index contributed by atoms with van der Waals surface area (Å²) in [6.45, 7) is 1.26. The van der Waals surface area contributed by atoms with E-state index in [1.807, 2.05) is 6.92 Å². The molecule has 2 N–H and O–H groups in total. The summed E-state index contributed by atoms with van der Waals surface area (Å²) in [6, 6.07) is 5.11. The number of benzene rings is 1. The Kier molecular flexibility index (Phi) is 3.42. The lowest BCUT2D eigenvalue weighted by molar-refractivity contribution is 0.528. The smallest absolute Gasteiger partial charge is 0.101 e. The van der Waals surface area contributed by atoms with Crippen molar-refractivity contribution in [1.29, 1.82) is 0 Å². The fourth-order valence-electron chi connectivity index (χ4n) is 1.11. The van der Waals surface area contributed by atoms with Crippen LogP contribution in [0.3, 0.4) is 0 Å². The highest BCUT2D eigenvalue weighted by atomic mass is 32.2. The van der Waals surface area contributed by atoms with Gasteiger partial charge in [0.15, 0.2) is 0 Å². The third-order valence-corrected chi connectivity index (χ3v) is 3.18. The normalized spacial score (nSPS) is 12.8. The molecule has 0 fully saturated rings. The maximum Gasteiger partial charge on any atom is 0.101 e. The molecule has 0 saturated heterocycles. The zero-order chi connectivity index (χ0) is 9.84. The highest BCUT2D eigenvalue weighted by Crippen LogP contribution is 2.16. The van der Waals surface area contributed by atoms with Gasteiger partial charge in [-0.1, -0.05) is 0 Å². The van der Waals surface area contributed by atoms with Crippen LogP contribution in [0.5, 0.6) is 0 Å². The molecule has 13 heavy (non-hydrogen) atoms. The summed E-state index contributed by atoms with van der Waals surface area (Å²) in [6.07, 6.45) is 0. The monoisotopic (exact) mass is 201 g/mol. The highest BCUT2D eigenvalue weighted by molar-refractivity contribution is 7.85. The van der Waals surface area contributed by atoms with Crippen LogP contribution in [0.1, 0.15) is 5.56 Å². The Morgan fingerprint density at radius 2 is 2.23 bits per heavy atom. The molecule has 1 atom stereocenters. The minimum absolute atomic E-state index is 0.0603. The van der Waals surface area contributed by atoms with Crippen molar-refractivity contribution in [2.24, 2.45) is 0 Å². The Morgan fingerprint density at radius 1 is 1.54 bits per heavy atom. The number of halogens is 1. The largest absolute Gasteiger partial charge is 0.399 e. The van der Waals surface area contributed by atoms with E-state index in [1.165, 1.54) is 0 Å². The van der Waals surface area contributed by atoms with Gasteiger partial charge in [-0.15, -0.1) is 0 Å². The minimum Gasteiger partial charge on any atom is -0.399 e. The van der Waals surface area contributed by atoms with Crippen molar-refractivity contribution in [3.05, 3.63) is 23.8 Å². The Hall–Kier alpha value is -0.900. The summed E-state index contributed by atoms with van der Waals surface area (Å²) in [5, 5.41) is 0. The van der Waals surface area contributed by atoms with Crippen molar-refractivity contribution in [3.63, 3.8) is 0 Å². The molecule has 0 aliphatic heterocycles. The van der Waals surface area contributed by atoms with Gasteiger partial charge in [0.2, 0.25) is 0 Å². The van der Waals surface area contributed by atoms with E-state index in [1.54, 1.807) is 18.2 Å². The number of anilines is 1. The summed E-state index contributed by atoms with van der Waals surface area (Å²) in [5.74, 6) is 0.0603. The van der Waals surface area contributed by atoms with Crippen molar-refractivity contribution in [3.8, 4) is 0 Å². The first-order valence-electron chi connectivity index (χ1n) is 3.95. The van der Waals surface area contributed by atoms with Crippen molar-refractivity contribution in [2.45, 2.75) is 11.8 Å². The molecule has 0 spiro atoms. The second kappa shape index (κ2) is 4.37. The Balaban J connectivity index is 2.95. The molecule has 0 heterocycles. The molecule has 0 aromatic heterocycles. The van der Waals surface area contributed by atoms with E-state index < -0.39 is 17.5 Å². The van der Waals surface area contributed by atoms with Gasteiger partial charge in [-0.2, -0.15) is 0 Å². The van der Waals surface area contributed by atoms with Crippen LogP contribution >= 0.6 is 0 Å². The quantitative estimate of drug-likeness (QED) is 0.756. The molecule has 0 bridgehead atoms. The van der Waals surface area contributed by atoms with Gasteiger partial charge in [0.05, 0.1) is 16.6 Å². The molecule has 0 aliphatic rings. The lowest BCUT2D eigenvalue weighted by atomic mass is 10.2. The maximum absolute atomic E-state index is 11.9. The molecule has 0 saturated carbocycles. The summed E-state index contributed by atoms with van der Waals surface area (Å²) < 4.78 is 23.3. The fourth-order valence-corrected chi connectivity index (χ4v) is 2.11. The van der Waals surface area contributed by atoms with Gasteiger partial charge in [0, 0.05) is 10.6 Å². The van der Waals surface area contributed by atoms with Crippen molar-refractivity contribution in [2.75, 3.05) is 18.2 Å². The number of nitrogens with two attached hydrogens (primary N) is 1. The van der Waals surface area contributed by atoms with Crippen LogP contribution in [-0.4, -0.2) is 16.6 Å². The molecule has 1 aromatic carbocycles. The zero-order valence-electron chi connectivity index (χ0n) is 7.42. The van der Waals surface area contributed by atoms with Crippen LogP contribution in [0.15, 0.2) is 23.1 Å². The summed E-state index contributed by atoms with van der Waals surface area (Å²) in [4.78, 5) is 0.673. The van der Waals surface area contributed by atoms with E-state index in [0.29, 0.717) is 10.6 Å². The number of alkyl halides is 1. The lowest BCUT2D eigenvalue weighted by Crippen LogP contribution is -2.02. The molecular formula is C9H12FNOS. The summed E-state index contributed by atoms with van der Waals surface area (Å²) >= 11 is 0. The fraction of sp³-hybridized carbons (Fsp3) is 0.333. The van der Waals surface area contributed by atoms with Crippen LogP contribution in [-0.2, 0) is 10.8 Å². The van der Waals surface area contributed by atoms with Crippen LogP contribution in [0.2, 0.25) is 0 Å². The van der Waals surface area contributed by atoms with E-state index in [0.717, 1.165) is 5.56 Å². The van der Waals surface area contributed by atoms with Gasteiger partial charge in [-0.3, -0.25) is 8.60 Å². The predicted molar refractivity (Wildman–Crippen MR) is 52.8 cm³/mol. The van der Waals surface area contributed by atoms with E-state index >= 15 is 0 Å². The molecule has 0 radical (unpaired) electrons. The average molecular weight is 201 g/mol. The van der Waals surface area contributed by atoms with Crippen LogP contribution in [0, 0.1) is 6.92 Å². The molecule has 1 unspecified atom stereocenters. The van der Waals surface area contributed by atoms with Gasteiger partial charge < -0.3 is 5.73 Å². The number of aryl methyl sites for hydroxylation is 1. The molecule has 0 amide bonds.